The maximum absolute atomic E-state index is 6.10. The summed E-state index contributed by atoms with van der Waals surface area (Å²) in [6.45, 7) is 6.02. The molecular formula is C19H18NO. The summed E-state index contributed by atoms with van der Waals surface area (Å²) in [5.41, 5.74) is 4.78. The van der Waals surface area contributed by atoms with Crippen LogP contribution in [0, 0.1) is 6.92 Å². The van der Waals surface area contributed by atoms with Crippen molar-refractivity contribution in [1.29, 1.82) is 0 Å². The summed E-state index contributed by atoms with van der Waals surface area (Å²) in [5.74, 6) is 1.35. The lowest BCUT2D eigenvalue weighted by atomic mass is 9.87. The minimum atomic E-state index is 0.298. The Morgan fingerprint density at radius 3 is 2.86 bits per heavy atom. The molecule has 1 radical (unpaired) electrons. The Hall–Kier alpha value is -2.06. The van der Waals surface area contributed by atoms with Crippen molar-refractivity contribution in [2.75, 3.05) is 13.6 Å². The van der Waals surface area contributed by atoms with Crippen LogP contribution in [0.5, 0.6) is 0 Å². The number of hydrogen-bond acceptors (Lipinski definition) is 2. The Labute approximate surface area is 125 Å². The molecule has 0 spiro atoms. The molecule has 0 N–H and O–H groups in total. The molecule has 2 heterocycles. The average Bonchev–Trinajstić information content (AvgIpc) is 2.89. The molecule has 3 aromatic rings. The van der Waals surface area contributed by atoms with Gasteiger partial charge in [0.05, 0.1) is 5.92 Å². The van der Waals surface area contributed by atoms with Crippen molar-refractivity contribution in [1.82, 2.24) is 4.90 Å². The van der Waals surface area contributed by atoms with E-state index in [9.17, 15) is 0 Å². The molecule has 0 fully saturated rings. The number of benzene rings is 2. The van der Waals surface area contributed by atoms with E-state index >= 15 is 0 Å². The minimum Gasteiger partial charge on any atom is -0.460 e. The van der Waals surface area contributed by atoms with Crippen LogP contribution in [0.1, 0.15) is 28.4 Å². The summed E-state index contributed by atoms with van der Waals surface area (Å²) >= 11 is 0. The van der Waals surface area contributed by atoms with E-state index in [1.165, 1.54) is 16.5 Å². The van der Waals surface area contributed by atoms with Gasteiger partial charge in [-0.15, -0.1) is 0 Å². The predicted octanol–water partition coefficient (Wildman–Crippen LogP) is 4.19. The first-order chi connectivity index (χ1) is 10.2. The SMILES string of the molecule is [CH2]c1ccc2c(c1)CN(C)CC2c1cc2ccccc2o1. The summed E-state index contributed by atoms with van der Waals surface area (Å²) in [6.07, 6.45) is 0. The number of para-hydroxylation sites is 1. The Kier molecular flexibility index (Phi) is 2.86. The van der Waals surface area contributed by atoms with Gasteiger partial charge in [0.15, 0.2) is 0 Å². The van der Waals surface area contributed by atoms with E-state index in [4.69, 9.17) is 4.42 Å². The molecular weight excluding hydrogens is 258 g/mol. The van der Waals surface area contributed by atoms with Crippen LogP contribution in [-0.2, 0) is 6.54 Å². The van der Waals surface area contributed by atoms with Crippen LogP contribution in [0.25, 0.3) is 11.0 Å². The predicted molar refractivity (Wildman–Crippen MR) is 85.3 cm³/mol. The topological polar surface area (TPSA) is 16.4 Å². The normalized spacial score (nSPS) is 18.9. The number of furan rings is 1. The van der Waals surface area contributed by atoms with Crippen molar-refractivity contribution >= 4 is 11.0 Å². The molecule has 105 valence electrons. The van der Waals surface area contributed by atoms with Crippen molar-refractivity contribution in [2.24, 2.45) is 0 Å². The van der Waals surface area contributed by atoms with E-state index < -0.39 is 0 Å². The highest BCUT2D eigenvalue weighted by Crippen LogP contribution is 2.35. The number of nitrogens with zero attached hydrogens (tertiary/aromatic N) is 1. The van der Waals surface area contributed by atoms with Gasteiger partial charge in [0, 0.05) is 18.5 Å². The Morgan fingerprint density at radius 2 is 2.00 bits per heavy atom. The number of likely N-dealkylation sites (N-methyl/N-ethyl adjacent to an activating group) is 1. The third kappa shape index (κ3) is 2.16. The van der Waals surface area contributed by atoms with Gasteiger partial charge in [0.25, 0.3) is 0 Å². The van der Waals surface area contributed by atoms with E-state index in [0.717, 1.165) is 30.0 Å². The fraction of sp³-hybridized carbons (Fsp3) is 0.211. The van der Waals surface area contributed by atoms with Crippen molar-refractivity contribution in [3.8, 4) is 0 Å². The van der Waals surface area contributed by atoms with E-state index in [1.54, 1.807) is 0 Å². The average molecular weight is 276 g/mol. The zero-order chi connectivity index (χ0) is 14.4. The molecule has 0 saturated heterocycles. The van der Waals surface area contributed by atoms with Crippen LogP contribution in [0.2, 0.25) is 0 Å². The highest BCUT2D eigenvalue weighted by molar-refractivity contribution is 5.78. The third-order valence-electron chi connectivity index (χ3n) is 4.31. The molecule has 0 bridgehead atoms. The molecule has 4 rings (SSSR count). The Bertz CT molecular complexity index is 769. The largest absolute Gasteiger partial charge is 0.460 e. The lowest BCUT2D eigenvalue weighted by Crippen LogP contribution is -2.30. The quantitative estimate of drug-likeness (QED) is 0.662. The van der Waals surface area contributed by atoms with E-state index in [-0.39, 0.29) is 0 Å². The molecule has 1 aromatic heterocycles. The number of hydrogen-bond donors (Lipinski definition) is 0. The zero-order valence-corrected chi connectivity index (χ0v) is 12.2. The summed E-state index contributed by atoms with van der Waals surface area (Å²) in [5, 5.41) is 1.18. The minimum absolute atomic E-state index is 0.298. The monoisotopic (exact) mass is 276 g/mol. The molecule has 0 saturated carbocycles. The van der Waals surface area contributed by atoms with Gasteiger partial charge in [-0.3, -0.25) is 0 Å². The molecule has 2 nitrogen and oxygen atoms in total. The fourth-order valence-corrected chi connectivity index (χ4v) is 3.32. The molecule has 0 amide bonds. The van der Waals surface area contributed by atoms with Gasteiger partial charge in [-0.25, -0.2) is 0 Å². The zero-order valence-electron chi connectivity index (χ0n) is 12.2. The molecule has 1 aliphatic heterocycles. The van der Waals surface area contributed by atoms with Crippen molar-refractivity contribution < 1.29 is 4.42 Å². The fourth-order valence-electron chi connectivity index (χ4n) is 3.32. The first-order valence-electron chi connectivity index (χ1n) is 7.32. The van der Waals surface area contributed by atoms with Crippen LogP contribution in [-0.4, -0.2) is 18.5 Å². The highest BCUT2D eigenvalue weighted by Gasteiger charge is 2.27. The maximum Gasteiger partial charge on any atom is 0.134 e. The molecule has 2 heteroatoms. The maximum atomic E-state index is 6.10. The Balaban J connectivity index is 1.84. The summed E-state index contributed by atoms with van der Waals surface area (Å²) in [7, 11) is 2.16. The lowest BCUT2D eigenvalue weighted by molar-refractivity contribution is 0.282. The molecule has 1 aliphatic rings. The van der Waals surface area contributed by atoms with Gasteiger partial charge in [-0.1, -0.05) is 36.4 Å². The van der Waals surface area contributed by atoms with Crippen molar-refractivity contribution in [2.45, 2.75) is 12.5 Å². The standard InChI is InChI=1S/C19H18NO/c1-13-7-8-16-15(9-13)11-20(2)12-17(16)19-10-14-5-3-4-6-18(14)21-19/h3-10,17H,1,11-12H2,2H3. The van der Waals surface area contributed by atoms with Gasteiger partial charge >= 0.3 is 0 Å². The number of fused-ring (bicyclic) bond motifs is 2. The molecule has 21 heavy (non-hydrogen) atoms. The number of rotatable bonds is 1. The van der Waals surface area contributed by atoms with Gasteiger partial charge in [0.2, 0.25) is 0 Å². The second-order valence-electron chi connectivity index (χ2n) is 5.97. The van der Waals surface area contributed by atoms with Crippen LogP contribution in [0.3, 0.4) is 0 Å². The Morgan fingerprint density at radius 1 is 1.14 bits per heavy atom. The van der Waals surface area contributed by atoms with Gasteiger partial charge in [-0.05, 0) is 42.8 Å². The first-order valence-corrected chi connectivity index (χ1v) is 7.32. The van der Waals surface area contributed by atoms with E-state index in [2.05, 4.69) is 55.3 Å². The third-order valence-corrected chi connectivity index (χ3v) is 4.31. The second kappa shape index (κ2) is 4.74. The van der Waals surface area contributed by atoms with Crippen LogP contribution < -0.4 is 0 Å². The van der Waals surface area contributed by atoms with Crippen LogP contribution in [0.4, 0.5) is 0 Å². The molecule has 2 aromatic carbocycles. The lowest BCUT2D eigenvalue weighted by Gasteiger charge is -2.31. The van der Waals surface area contributed by atoms with Gasteiger partial charge < -0.3 is 9.32 Å². The van der Waals surface area contributed by atoms with Crippen LogP contribution in [0.15, 0.2) is 52.9 Å². The molecule has 0 aliphatic carbocycles. The summed E-state index contributed by atoms with van der Waals surface area (Å²) in [6, 6.07) is 16.9. The highest BCUT2D eigenvalue weighted by atomic mass is 16.3. The summed E-state index contributed by atoms with van der Waals surface area (Å²) in [4.78, 5) is 2.35. The molecule has 1 unspecified atom stereocenters. The van der Waals surface area contributed by atoms with Gasteiger partial charge in [-0.2, -0.15) is 0 Å². The van der Waals surface area contributed by atoms with E-state index in [0.29, 0.717) is 5.92 Å². The van der Waals surface area contributed by atoms with Crippen LogP contribution >= 0.6 is 0 Å². The van der Waals surface area contributed by atoms with Crippen molar-refractivity contribution in [3.63, 3.8) is 0 Å². The first kappa shape index (κ1) is 12.7. The second-order valence-corrected chi connectivity index (χ2v) is 5.97. The van der Waals surface area contributed by atoms with E-state index in [1.807, 2.05) is 12.1 Å². The summed E-state index contributed by atoms with van der Waals surface area (Å²) < 4.78 is 6.10. The smallest absolute Gasteiger partial charge is 0.134 e. The van der Waals surface area contributed by atoms with Gasteiger partial charge in [0.1, 0.15) is 11.3 Å². The molecule has 1 atom stereocenters. The van der Waals surface area contributed by atoms with Crippen molar-refractivity contribution in [3.05, 3.63) is 77.9 Å².